The minimum Gasteiger partial charge on any atom is -0.334 e. The molecule has 0 aromatic carbocycles. The van der Waals surface area contributed by atoms with Gasteiger partial charge in [-0.25, -0.2) is 4.98 Å². The second-order valence-corrected chi connectivity index (χ2v) is 8.97. The van der Waals surface area contributed by atoms with Crippen molar-refractivity contribution in [2.24, 2.45) is 0 Å². The van der Waals surface area contributed by atoms with Crippen molar-refractivity contribution in [1.82, 2.24) is 14.5 Å². The number of likely N-dealkylation sites (tertiary alicyclic amines) is 1. The van der Waals surface area contributed by atoms with Crippen molar-refractivity contribution < 1.29 is 4.79 Å². The Morgan fingerprint density at radius 3 is 3.00 bits per heavy atom. The average Bonchev–Trinajstić information content (AvgIpc) is 3.39. The van der Waals surface area contributed by atoms with Crippen LogP contribution < -0.4 is 5.56 Å². The number of hydrogen-bond donors (Lipinski definition) is 0. The molecule has 1 fully saturated rings. The molecule has 3 aromatic heterocycles. The molecular formula is C18H19N3O2S3. The number of carbonyl (C=O) groups is 1. The van der Waals surface area contributed by atoms with Crippen LogP contribution >= 0.6 is 34.4 Å². The summed E-state index contributed by atoms with van der Waals surface area (Å²) in [6, 6.07) is 6.20. The first-order chi connectivity index (χ1) is 12.7. The molecule has 0 N–H and O–H groups in total. The summed E-state index contributed by atoms with van der Waals surface area (Å²) in [6.45, 7) is 3.29. The largest absolute Gasteiger partial charge is 0.334 e. The van der Waals surface area contributed by atoms with Gasteiger partial charge in [-0.1, -0.05) is 17.8 Å². The first kappa shape index (κ1) is 17.8. The van der Waals surface area contributed by atoms with Crippen molar-refractivity contribution in [3.63, 3.8) is 0 Å². The van der Waals surface area contributed by atoms with Gasteiger partial charge in [-0.2, -0.15) is 0 Å². The summed E-state index contributed by atoms with van der Waals surface area (Å²) >= 11 is 4.49. The fourth-order valence-electron chi connectivity index (χ4n) is 3.36. The highest BCUT2D eigenvalue weighted by atomic mass is 32.2. The second-order valence-electron chi connectivity index (χ2n) is 6.13. The van der Waals surface area contributed by atoms with Crippen LogP contribution in [0.5, 0.6) is 0 Å². The third-order valence-electron chi connectivity index (χ3n) is 4.62. The Balaban J connectivity index is 1.53. The monoisotopic (exact) mass is 405 g/mol. The van der Waals surface area contributed by atoms with E-state index < -0.39 is 0 Å². The smallest absolute Gasteiger partial charge is 0.272 e. The maximum atomic E-state index is 12.8. The molecule has 1 atom stereocenters. The highest BCUT2D eigenvalue weighted by Gasteiger charge is 2.30. The lowest BCUT2D eigenvalue weighted by atomic mass is 10.2. The molecule has 0 saturated carbocycles. The van der Waals surface area contributed by atoms with Crippen molar-refractivity contribution in [3.8, 4) is 0 Å². The van der Waals surface area contributed by atoms with Crippen LogP contribution in [0.4, 0.5) is 0 Å². The van der Waals surface area contributed by atoms with Crippen LogP contribution in [0.1, 0.15) is 30.7 Å². The van der Waals surface area contributed by atoms with Gasteiger partial charge in [0.25, 0.3) is 5.56 Å². The number of carbonyl (C=O) groups excluding carboxylic acids is 1. The topological polar surface area (TPSA) is 55.2 Å². The van der Waals surface area contributed by atoms with E-state index >= 15 is 0 Å². The van der Waals surface area contributed by atoms with Crippen molar-refractivity contribution in [3.05, 3.63) is 44.2 Å². The zero-order chi connectivity index (χ0) is 18.1. The molecule has 1 saturated heterocycles. The Morgan fingerprint density at radius 2 is 2.23 bits per heavy atom. The molecule has 0 aliphatic carbocycles. The molecule has 0 bridgehead atoms. The lowest BCUT2D eigenvalue weighted by Crippen LogP contribution is -2.32. The Labute approximate surface area is 163 Å². The zero-order valence-corrected chi connectivity index (χ0v) is 16.8. The zero-order valence-electron chi connectivity index (χ0n) is 14.4. The Hall–Kier alpha value is -1.64. The first-order valence-corrected chi connectivity index (χ1v) is 11.4. The van der Waals surface area contributed by atoms with E-state index in [0.29, 0.717) is 22.2 Å². The Kier molecular flexibility index (Phi) is 5.15. The van der Waals surface area contributed by atoms with Crippen molar-refractivity contribution in [1.29, 1.82) is 0 Å². The average molecular weight is 406 g/mol. The predicted molar refractivity (Wildman–Crippen MR) is 108 cm³/mol. The minimum absolute atomic E-state index is 0.0138. The van der Waals surface area contributed by atoms with Gasteiger partial charge in [0.2, 0.25) is 5.91 Å². The molecule has 136 valence electrons. The quantitative estimate of drug-likeness (QED) is 0.476. The number of amides is 1. The summed E-state index contributed by atoms with van der Waals surface area (Å²) in [5, 5.41) is 4.57. The highest BCUT2D eigenvalue weighted by molar-refractivity contribution is 7.99. The number of fused-ring (bicyclic) bond motifs is 1. The van der Waals surface area contributed by atoms with Crippen molar-refractivity contribution in [2.75, 3.05) is 12.3 Å². The summed E-state index contributed by atoms with van der Waals surface area (Å²) in [5.41, 5.74) is 0.706. The Morgan fingerprint density at radius 1 is 1.35 bits per heavy atom. The lowest BCUT2D eigenvalue weighted by Gasteiger charge is -2.23. The van der Waals surface area contributed by atoms with Crippen LogP contribution in [0.2, 0.25) is 0 Å². The maximum absolute atomic E-state index is 12.8. The molecule has 0 radical (unpaired) electrons. The van der Waals surface area contributed by atoms with E-state index in [9.17, 15) is 9.59 Å². The third kappa shape index (κ3) is 3.21. The number of hydrogen-bond acceptors (Lipinski definition) is 6. The molecule has 26 heavy (non-hydrogen) atoms. The van der Waals surface area contributed by atoms with E-state index in [2.05, 4.69) is 16.4 Å². The van der Waals surface area contributed by atoms with Gasteiger partial charge in [-0.15, -0.1) is 22.7 Å². The van der Waals surface area contributed by atoms with Crippen LogP contribution in [0.15, 0.2) is 38.9 Å². The number of nitrogens with zero attached hydrogens (tertiary/aromatic N) is 3. The minimum atomic E-state index is -0.0138. The van der Waals surface area contributed by atoms with Gasteiger partial charge in [0.15, 0.2) is 5.16 Å². The van der Waals surface area contributed by atoms with E-state index in [1.54, 1.807) is 15.9 Å². The first-order valence-electron chi connectivity index (χ1n) is 8.62. The van der Waals surface area contributed by atoms with Gasteiger partial charge in [0, 0.05) is 18.0 Å². The normalized spacial score (nSPS) is 17.3. The van der Waals surface area contributed by atoms with Gasteiger partial charge in [-0.05, 0) is 42.7 Å². The van der Waals surface area contributed by atoms with Crippen LogP contribution in [-0.4, -0.2) is 32.7 Å². The Bertz CT molecular complexity index is 977. The van der Waals surface area contributed by atoms with Crippen LogP contribution in [0.25, 0.3) is 10.2 Å². The standard InChI is InChI=1S/C18H19N3O2S3/c1-2-20-17(23)16-12(7-10-25-16)19-18(20)26-11-15(22)21-8-3-5-13(21)14-6-4-9-24-14/h4,6-7,9-10,13H,2-3,5,8,11H2,1H3. The van der Waals surface area contributed by atoms with E-state index in [1.807, 2.05) is 29.3 Å². The molecule has 1 amide bonds. The molecule has 0 spiro atoms. The van der Waals surface area contributed by atoms with E-state index in [1.165, 1.54) is 28.0 Å². The number of aromatic nitrogens is 2. The van der Waals surface area contributed by atoms with Crippen LogP contribution in [0, 0.1) is 0 Å². The van der Waals surface area contributed by atoms with Gasteiger partial charge in [0.05, 0.1) is 17.3 Å². The fraction of sp³-hybridized carbons (Fsp3) is 0.389. The van der Waals surface area contributed by atoms with Gasteiger partial charge in [0.1, 0.15) is 4.70 Å². The highest BCUT2D eigenvalue weighted by Crippen LogP contribution is 2.35. The molecular weight excluding hydrogens is 386 g/mol. The van der Waals surface area contributed by atoms with Crippen molar-refractivity contribution >= 4 is 50.6 Å². The fourth-order valence-corrected chi connectivity index (χ4v) is 5.96. The van der Waals surface area contributed by atoms with E-state index in [4.69, 9.17) is 0 Å². The van der Waals surface area contributed by atoms with Gasteiger partial charge in [-0.3, -0.25) is 14.2 Å². The summed E-state index contributed by atoms with van der Waals surface area (Å²) < 4.78 is 2.34. The number of thiophene rings is 2. The molecule has 1 aliphatic heterocycles. The van der Waals surface area contributed by atoms with Gasteiger partial charge >= 0.3 is 0 Å². The van der Waals surface area contributed by atoms with Crippen LogP contribution in [-0.2, 0) is 11.3 Å². The third-order valence-corrected chi connectivity index (χ3v) is 7.44. The predicted octanol–water partition coefficient (Wildman–Crippen LogP) is 4.00. The molecule has 4 heterocycles. The second kappa shape index (κ2) is 7.54. The molecule has 1 aliphatic rings. The van der Waals surface area contributed by atoms with Gasteiger partial charge < -0.3 is 4.90 Å². The number of rotatable bonds is 5. The van der Waals surface area contributed by atoms with E-state index in [-0.39, 0.29) is 17.5 Å². The summed E-state index contributed by atoms with van der Waals surface area (Å²) in [5.74, 6) is 0.428. The number of thioether (sulfide) groups is 1. The summed E-state index contributed by atoms with van der Waals surface area (Å²) in [7, 11) is 0. The molecule has 8 heteroatoms. The van der Waals surface area contributed by atoms with E-state index in [0.717, 1.165) is 24.9 Å². The van der Waals surface area contributed by atoms with Crippen molar-refractivity contribution in [2.45, 2.75) is 37.5 Å². The summed E-state index contributed by atoms with van der Waals surface area (Å²) in [6.07, 6.45) is 2.06. The maximum Gasteiger partial charge on any atom is 0.272 e. The SMILES string of the molecule is CCn1c(SCC(=O)N2CCCC2c2cccs2)nc2ccsc2c1=O. The molecule has 4 rings (SSSR count). The molecule has 3 aromatic rings. The lowest BCUT2D eigenvalue weighted by molar-refractivity contribution is -0.129. The summed E-state index contributed by atoms with van der Waals surface area (Å²) in [4.78, 5) is 33.2. The van der Waals surface area contributed by atoms with Crippen LogP contribution in [0.3, 0.4) is 0 Å². The molecule has 1 unspecified atom stereocenters. The molecule has 5 nitrogen and oxygen atoms in total.